The summed E-state index contributed by atoms with van der Waals surface area (Å²) in [5.74, 6) is 0. The molecule has 0 heterocycles. The van der Waals surface area contributed by atoms with Gasteiger partial charge in [0.15, 0.2) is 0 Å². The first-order valence-corrected chi connectivity index (χ1v) is 4.88. The van der Waals surface area contributed by atoms with Gasteiger partial charge in [0.05, 0.1) is 6.10 Å². The second kappa shape index (κ2) is 6.35. The van der Waals surface area contributed by atoms with E-state index in [2.05, 4.69) is 17.4 Å². The minimum atomic E-state index is -0.385. The summed E-state index contributed by atoms with van der Waals surface area (Å²) in [4.78, 5) is 0. The number of allylic oxidation sites excluding steroid dienone is 1. The number of aliphatic hydroxyl groups is 1. The van der Waals surface area contributed by atoms with Gasteiger partial charge in [-0.05, 0) is 12.5 Å². The van der Waals surface area contributed by atoms with Crippen LogP contribution >= 0.6 is 0 Å². The molecule has 1 aromatic rings. The minimum Gasteiger partial charge on any atom is -0.388 e. The maximum absolute atomic E-state index is 9.38. The number of hydrogen-bond acceptors (Lipinski definition) is 2. The Labute approximate surface area is 85.3 Å². The van der Waals surface area contributed by atoms with Crippen LogP contribution in [-0.4, -0.2) is 17.8 Å². The molecule has 1 atom stereocenters. The number of benzene rings is 1. The fraction of sp³-hybridized carbons (Fsp3) is 0.333. The lowest BCUT2D eigenvalue weighted by atomic mass is 10.2. The Morgan fingerprint density at radius 1 is 1.36 bits per heavy atom. The zero-order valence-electron chi connectivity index (χ0n) is 8.48. The number of rotatable bonds is 5. The van der Waals surface area contributed by atoms with Crippen molar-refractivity contribution in [2.75, 3.05) is 6.54 Å². The van der Waals surface area contributed by atoms with Crippen LogP contribution in [0.4, 0.5) is 0 Å². The van der Waals surface area contributed by atoms with Crippen molar-refractivity contribution in [1.82, 2.24) is 5.32 Å². The smallest absolute Gasteiger partial charge is 0.0845 e. The molecule has 0 aliphatic carbocycles. The lowest BCUT2D eigenvalue weighted by molar-refractivity contribution is 0.218. The highest BCUT2D eigenvalue weighted by Crippen LogP contribution is 1.97. The molecule has 0 amide bonds. The Kier molecular flexibility index (Phi) is 4.97. The third kappa shape index (κ3) is 4.21. The molecule has 0 aromatic heterocycles. The average molecular weight is 191 g/mol. The lowest BCUT2D eigenvalue weighted by Crippen LogP contribution is -2.24. The fourth-order valence-corrected chi connectivity index (χ4v) is 1.25. The van der Waals surface area contributed by atoms with Gasteiger partial charge in [-0.25, -0.2) is 0 Å². The van der Waals surface area contributed by atoms with Crippen LogP contribution in [0.5, 0.6) is 0 Å². The maximum atomic E-state index is 9.38. The Morgan fingerprint density at radius 3 is 2.71 bits per heavy atom. The molecule has 2 N–H and O–H groups in total. The van der Waals surface area contributed by atoms with E-state index in [0.717, 1.165) is 6.54 Å². The highest BCUT2D eigenvalue weighted by atomic mass is 16.3. The van der Waals surface area contributed by atoms with Crippen LogP contribution in [-0.2, 0) is 6.54 Å². The molecule has 1 unspecified atom stereocenters. The van der Waals surface area contributed by atoms with Crippen LogP contribution in [0.2, 0.25) is 0 Å². The predicted molar refractivity (Wildman–Crippen MR) is 59.0 cm³/mol. The van der Waals surface area contributed by atoms with Crippen molar-refractivity contribution in [3.05, 3.63) is 48.0 Å². The molecular weight excluding hydrogens is 174 g/mol. The first-order valence-electron chi connectivity index (χ1n) is 4.88. The Bertz CT molecular complexity index is 269. The normalized spacial score (nSPS) is 13.3. The van der Waals surface area contributed by atoms with Crippen molar-refractivity contribution in [2.24, 2.45) is 0 Å². The van der Waals surface area contributed by atoms with Gasteiger partial charge >= 0.3 is 0 Å². The molecule has 0 bridgehead atoms. The van der Waals surface area contributed by atoms with E-state index in [1.54, 1.807) is 6.08 Å². The third-order valence-electron chi connectivity index (χ3n) is 1.94. The van der Waals surface area contributed by atoms with Crippen LogP contribution in [0.1, 0.15) is 12.5 Å². The molecule has 2 nitrogen and oxygen atoms in total. The highest BCUT2D eigenvalue weighted by molar-refractivity contribution is 5.14. The van der Waals surface area contributed by atoms with Gasteiger partial charge in [0, 0.05) is 13.1 Å². The summed E-state index contributed by atoms with van der Waals surface area (Å²) >= 11 is 0. The molecule has 1 rings (SSSR count). The molecule has 76 valence electrons. The van der Waals surface area contributed by atoms with Gasteiger partial charge in [0.25, 0.3) is 0 Å². The molecule has 0 saturated heterocycles. The molecule has 0 radical (unpaired) electrons. The number of aliphatic hydroxyl groups excluding tert-OH is 1. The maximum Gasteiger partial charge on any atom is 0.0845 e. The molecular formula is C12H17NO. The number of hydrogen-bond donors (Lipinski definition) is 2. The molecule has 1 aromatic carbocycles. The van der Waals surface area contributed by atoms with Crippen molar-refractivity contribution in [3.8, 4) is 0 Å². The van der Waals surface area contributed by atoms with Crippen molar-refractivity contribution in [3.63, 3.8) is 0 Å². The molecule has 0 aliphatic heterocycles. The quantitative estimate of drug-likeness (QED) is 0.694. The van der Waals surface area contributed by atoms with E-state index in [4.69, 9.17) is 0 Å². The molecule has 0 saturated carbocycles. The fourth-order valence-electron chi connectivity index (χ4n) is 1.25. The summed E-state index contributed by atoms with van der Waals surface area (Å²) < 4.78 is 0. The average Bonchev–Trinajstić information content (AvgIpc) is 2.20. The molecule has 0 spiro atoms. The van der Waals surface area contributed by atoms with E-state index in [1.165, 1.54) is 5.56 Å². The Balaban J connectivity index is 2.22. The molecule has 14 heavy (non-hydrogen) atoms. The predicted octanol–water partition coefficient (Wildman–Crippen LogP) is 1.71. The largest absolute Gasteiger partial charge is 0.388 e. The summed E-state index contributed by atoms with van der Waals surface area (Å²) in [6.07, 6.45) is 3.25. The van der Waals surface area contributed by atoms with Gasteiger partial charge in [-0.15, -0.1) is 0 Å². The summed E-state index contributed by atoms with van der Waals surface area (Å²) in [5, 5.41) is 12.6. The van der Waals surface area contributed by atoms with Gasteiger partial charge in [0.1, 0.15) is 0 Å². The summed E-state index contributed by atoms with van der Waals surface area (Å²) in [7, 11) is 0. The van der Waals surface area contributed by atoms with E-state index in [1.807, 2.05) is 31.2 Å². The molecule has 0 fully saturated rings. The highest BCUT2D eigenvalue weighted by Gasteiger charge is 1.96. The van der Waals surface area contributed by atoms with Gasteiger partial charge < -0.3 is 10.4 Å². The zero-order valence-corrected chi connectivity index (χ0v) is 8.48. The van der Waals surface area contributed by atoms with Crippen LogP contribution in [0.3, 0.4) is 0 Å². The molecule has 2 heteroatoms. The summed E-state index contributed by atoms with van der Waals surface area (Å²) in [6, 6.07) is 10.2. The lowest BCUT2D eigenvalue weighted by Gasteiger charge is -2.07. The zero-order chi connectivity index (χ0) is 10.2. The van der Waals surface area contributed by atoms with E-state index in [9.17, 15) is 5.11 Å². The third-order valence-corrected chi connectivity index (χ3v) is 1.94. The van der Waals surface area contributed by atoms with Crippen LogP contribution in [0.15, 0.2) is 42.5 Å². The first kappa shape index (κ1) is 11.0. The van der Waals surface area contributed by atoms with Gasteiger partial charge in [-0.3, -0.25) is 0 Å². The van der Waals surface area contributed by atoms with Crippen molar-refractivity contribution in [2.45, 2.75) is 19.6 Å². The SMILES string of the molecule is C/C=C/C(O)CNCc1ccccc1. The van der Waals surface area contributed by atoms with Gasteiger partial charge in [-0.2, -0.15) is 0 Å². The van der Waals surface area contributed by atoms with E-state index >= 15 is 0 Å². The van der Waals surface area contributed by atoms with Crippen LogP contribution in [0, 0.1) is 0 Å². The van der Waals surface area contributed by atoms with E-state index in [0.29, 0.717) is 6.54 Å². The standard InChI is InChI=1S/C12H17NO/c1-2-6-12(14)10-13-9-11-7-4-3-5-8-11/h2-8,12-14H,9-10H2,1H3/b6-2+. The minimum absolute atomic E-state index is 0.385. The van der Waals surface area contributed by atoms with Crippen LogP contribution < -0.4 is 5.32 Å². The molecule has 0 aliphatic rings. The van der Waals surface area contributed by atoms with Crippen molar-refractivity contribution in [1.29, 1.82) is 0 Å². The Hall–Kier alpha value is -1.12. The van der Waals surface area contributed by atoms with E-state index < -0.39 is 0 Å². The summed E-state index contributed by atoms with van der Waals surface area (Å²) in [6.45, 7) is 3.30. The second-order valence-corrected chi connectivity index (χ2v) is 3.21. The second-order valence-electron chi connectivity index (χ2n) is 3.21. The van der Waals surface area contributed by atoms with Gasteiger partial charge in [-0.1, -0.05) is 42.5 Å². The van der Waals surface area contributed by atoms with Crippen molar-refractivity contribution < 1.29 is 5.11 Å². The van der Waals surface area contributed by atoms with Crippen LogP contribution in [0.25, 0.3) is 0 Å². The topological polar surface area (TPSA) is 32.3 Å². The van der Waals surface area contributed by atoms with E-state index in [-0.39, 0.29) is 6.10 Å². The first-order chi connectivity index (χ1) is 6.83. The summed E-state index contributed by atoms with van der Waals surface area (Å²) in [5.41, 5.74) is 1.24. The van der Waals surface area contributed by atoms with Crippen molar-refractivity contribution >= 4 is 0 Å². The monoisotopic (exact) mass is 191 g/mol. The number of nitrogens with one attached hydrogen (secondary N) is 1. The Morgan fingerprint density at radius 2 is 2.07 bits per heavy atom. The van der Waals surface area contributed by atoms with Gasteiger partial charge in [0.2, 0.25) is 0 Å².